The number of ether oxygens (including phenoxy) is 2. The Hall–Kier alpha value is -1.82. The second kappa shape index (κ2) is 7.64. The largest absolute Gasteiger partial charge is 0.495 e. The van der Waals surface area contributed by atoms with E-state index in [1.165, 1.54) is 20.3 Å². The number of halogens is 3. The Morgan fingerprint density at radius 1 is 0.913 bits per heavy atom. The normalized spacial score (nSPS) is 10.1. The van der Waals surface area contributed by atoms with Gasteiger partial charge in [-0.3, -0.25) is 0 Å². The minimum absolute atomic E-state index is 0.254. The number of carbonyl (C=O) groups is 1. The summed E-state index contributed by atoms with van der Waals surface area (Å²) in [4.78, 5) is 12.1. The van der Waals surface area contributed by atoms with Crippen LogP contribution in [0.2, 0.25) is 15.1 Å². The van der Waals surface area contributed by atoms with Crippen LogP contribution in [-0.2, 0) is 0 Å². The molecule has 0 aliphatic carbocycles. The highest BCUT2D eigenvalue weighted by Gasteiger charge is 2.14. The minimum Gasteiger partial charge on any atom is -0.495 e. The van der Waals surface area contributed by atoms with Crippen molar-refractivity contribution in [2.45, 2.75) is 0 Å². The van der Waals surface area contributed by atoms with Crippen molar-refractivity contribution in [1.29, 1.82) is 0 Å². The fourth-order valence-electron chi connectivity index (χ4n) is 1.83. The molecule has 23 heavy (non-hydrogen) atoms. The number of benzene rings is 2. The Labute approximate surface area is 148 Å². The Bertz CT molecular complexity index is 738. The number of carbonyl (C=O) groups excluding carboxylic acids is 1. The molecule has 0 heterocycles. The summed E-state index contributed by atoms with van der Waals surface area (Å²) in [5.41, 5.74) is 0.768. The summed E-state index contributed by atoms with van der Waals surface area (Å²) >= 11 is 18.0. The third kappa shape index (κ3) is 4.13. The highest BCUT2D eigenvalue weighted by molar-refractivity contribution is 6.44. The second-order valence-electron chi connectivity index (χ2n) is 4.37. The van der Waals surface area contributed by atoms with E-state index >= 15 is 0 Å². The van der Waals surface area contributed by atoms with Crippen LogP contribution < -0.4 is 20.1 Å². The molecule has 2 rings (SSSR count). The van der Waals surface area contributed by atoms with Crippen LogP contribution in [0.5, 0.6) is 11.5 Å². The molecule has 0 aliphatic heterocycles. The van der Waals surface area contributed by atoms with Crippen LogP contribution in [0.4, 0.5) is 16.2 Å². The Kier molecular flexibility index (Phi) is 5.82. The van der Waals surface area contributed by atoms with E-state index in [0.29, 0.717) is 32.9 Å². The topological polar surface area (TPSA) is 59.6 Å². The Morgan fingerprint density at radius 2 is 1.57 bits per heavy atom. The van der Waals surface area contributed by atoms with Gasteiger partial charge in [-0.1, -0.05) is 40.9 Å². The van der Waals surface area contributed by atoms with Gasteiger partial charge < -0.3 is 20.1 Å². The number of anilines is 2. The maximum Gasteiger partial charge on any atom is 0.323 e. The zero-order chi connectivity index (χ0) is 17.0. The van der Waals surface area contributed by atoms with Crippen molar-refractivity contribution in [2.24, 2.45) is 0 Å². The monoisotopic (exact) mass is 374 g/mol. The average Bonchev–Trinajstić information content (AvgIpc) is 2.52. The molecule has 0 saturated carbocycles. The molecule has 2 N–H and O–H groups in total. The van der Waals surface area contributed by atoms with Gasteiger partial charge in [-0.05, 0) is 18.2 Å². The molecule has 0 aromatic heterocycles. The first-order chi connectivity index (χ1) is 11.0. The third-order valence-corrected chi connectivity index (χ3v) is 4.04. The molecule has 2 aromatic carbocycles. The first kappa shape index (κ1) is 17.5. The molecule has 0 aliphatic rings. The van der Waals surface area contributed by atoms with Crippen molar-refractivity contribution in [3.05, 3.63) is 45.4 Å². The minimum atomic E-state index is -0.520. The molecule has 2 amide bonds. The molecule has 0 radical (unpaired) electrons. The lowest BCUT2D eigenvalue weighted by molar-refractivity contribution is 0.262. The molecule has 5 nitrogen and oxygen atoms in total. The van der Waals surface area contributed by atoms with Crippen LogP contribution in [0.1, 0.15) is 0 Å². The zero-order valence-corrected chi connectivity index (χ0v) is 14.5. The highest BCUT2D eigenvalue weighted by Crippen LogP contribution is 2.36. The summed E-state index contributed by atoms with van der Waals surface area (Å²) < 4.78 is 10.3. The van der Waals surface area contributed by atoms with Gasteiger partial charge in [0.05, 0.1) is 40.7 Å². The maximum atomic E-state index is 12.1. The number of nitrogens with one attached hydrogen (secondary N) is 2. The van der Waals surface area contributed by atoms with Crippen molar-refractivity contribution >= 4 is 52.2 Å². The van der Waals surface area contributed by atoms with E-state index in [1.54, 1.807) is 24.3 Å². The van der Waals surface area contributed by atoms with Gasteiger partial charge in [0, 0.05) is 6.07 Å². The lowest BCUT2D eigenvalue weighted by Crippen LogP contribution is -2.20. The molecule has 0 fully saturated rings. The van der Waals surface area contributed by atoms with Crippen LogP contribution in [0, 0.1) is 0 Å². The van der Waals surface area contributed by atoms with Gasteiger partial charge in [0.1, 0.15) is 11.5 Å². The molecule has 0 bridgehead atoms. The summed E-state index contributed by atoms with van der Waals surface area (Å²) in [6, 6.07) is 7.51. The van der Waals surface area contributed by atoms with E-state index in [9.17, 15) is 4.79 Å². The van der Waals surface area contributed by atoms with E-state index in [0.717, 1.165) is 0 Å². The Balaban J connectivity index is 2.20. The van der Waals surface area contributed by atoms with Crippen LogP contribution in [0.25, 0.3) is 0 Å². The van der Waals surface area contributed by atoms with E-state index < -0.39 is 6.03 Å². The summed E-state index contributed by atoms with van der Waals surface area (Å²) in [6.45, 7) is 0. The third-order valence-electron chi connectivity index (χ3n) is 2.92. The number of methoxy groups -OCH3 is 2. The molecule has 0 saturated heterocycles. The predicted octanol–water partition coefficient (Wildman–Crippen LogP) is 5.31. The predicted molar refractivity (Wildman–Crippen MR) is 93.7 cm³/mol. The van der Waals surface area contributed by atoms with Crippen LogP contribution in [-0.4, -0.2) is 20.3 Å². The van der Waals surface area contributed by atoms with Crippen molar-refractivity contribution in [3.63, 3.8) is 0 Å². The van der Waals surface area contributed by atoms with Crippen LogP contribution >= 0.6 is 34.8 Å². The summed E-state index contributed by atoms with van der Waals surface area (Å²) in [7, 11) is 2.96. The lowest BCUT2D eigenvalue weighted by Gasteiger charge is -2.14. The number of urea groups is 1. The van der Waals surface area contributed by atoms with Gasteiger partial charge in [-0.25, -0.2) is 4.79 Å². The average molecular weight is 376 g/mol. The molecule has 0 atom stereocenters. The van der Waals surface area contributed by atoms with Crippen molar-refractivity contribution < 1.29 is 14.3 Å². The maximum absolute atomic E-state index is 12.1. The number of hydrogen-bond donors (Lipinski definition) is 2. The summed E-state index contributed by atoms with van der Waals surface area (Å²) in [5.74, 6) is 0.839. The smallest absolute Gasteiger partial charge is 0.323 e. The molecular formula is C15H13Cl3N2O3. The van der Waals surface area contributed by atoms with E-state index in [4.69, 9.17) is 44.3 Å². The van der Waals surface area contributed by atoms with Crippen molar-refractivity contribution in [2.75, 3.05) is 24.9 Å². The van der Waals surface area contributed by atoms with E-state index in [1.807, 2.05) is 0 Å². The van der Waals surface area contributed by atoms with Crippen molar-refractivity contribution in [1.82, 2.24) is 0 Å². The van der Waals surface area contributed by atoms with Crippen LogP contribution in [0.15, 0.2) is 30.3 Å². The van der Waals surface area contributed by atoms with Gasteiger partial charge in [0.2, 0.25) is 0 Å². The Morgan fingerprint density at radius 3 is 2.22 bits per heavy atom. The van der Waals surface area contributed by atoms with Gasteiger partial charge in [-0.2, -0.15) is 0 Å². The molecular weight excluding hydrogens is 363 g/mol. The number of hydrogen-bond acceptors (Lipinski definition) is 3. The molecule has 8 heteroatoms. The lowest BCUT2D eigenvalue weighted by atomic mass is 10.2. The fourth-order valence-corrected chi connectivity index (χ4v) is 2.42. The van der Waals surface area contributed by atoms with Gasteiger partial charge >= 0.3 is 6.03 Å². The van der Waals surface area contributed by atoms with Gasteiger partial charge in [-0.15, -0.1) is 0 Å². The second-order valence-corrected chi connectivity index (χ2v) is 5.56. The van der Waals surface area contributed by atoms with Crippen LogP contribution in [0.3, 0.4) is 0 Å². The molecule has 0 spiro atoms. The molecule has 2 aromatic rings. The highest BCUT2D eigenvalue weighted by atomic mass is 35.5. The number of rotatable bonds is 4. The van der Waals surface area contributed by atoms with E-state index in [-0.39, 0.29) is 5.02 Å². The van der Waals surface area contributed by atoms with Gasteiger partial charge in [0.15, 0.2) is 0 Å². The molecule has 0 unspecified atom stereocenters. The van der Waals surface area contributed by atoms with Gasteiger partial charge in [0.25, 0.3) is 0 Å². The summed E-state index contributed by atoms with van der Waals surface area (Å²) in [6.07, 6.45) is 0. The standard InChI is InChI=1S/C15H13Cl3N2O3/c1-22-12-7-13(23-2)11(6-9(12)17)20-15(21)19-10-5-3-4-8(16)14(10)18/h3-7H,1-2H3,(H2,19,20,21). The first-order valence-corrected chi connectivity index (χ1v) is 7.53. The molecule has 122 valence electrons. The zero-order valence-electron chi connectivity index (χ0n) is 12.2. The SMILES string of the molecule is COc1cc(OC)c(NC(=O)Nc2cccc(Cl)c2Cl)cc1Cl. The fraction of sp³-hybridized carbons (Fsp3) is 0.133. The van der Waals surface area contributed by atoms with Crippen molar-refractivity contribution in [3.8, 4) is 11.5 Å². The number of amides is 2. The summed E-state index contributed by atoms with van der Waals surface area (Å²) in [5, 5.41) is 6.17. The van der Waals surface area contributed by atoms with E-state index in [2.05, 4.69) is 10.6 Å². The quantitative estimate of drug-likeness (QED) is 0.761. The first-order valence-electron chi connectivity index (χ1n) is 6.39.